The van der Waals surface area contributed by atoms with Crippen molar-refractivity contribution in [3.8, 4) is 0 Å². The van der Waals surface area contributed by atoms with Gasteiger partial charge in [0.2, 0.25) is 11.8 Å². The molecule has 23 heavy (non-hydrogen) atoms. The van der Waals surface area contributed by atoms with Gasteiger partial charge in [0.05, 0.1) is 5.52 Å². The van der Waals surface area contributed by atoms with Crippen LogP contribution >= 0.6 is 0 Å². The third kappa shape index (κ3) is 2.99. The Morgan fingerprint density at radius 2 is 2.00 bits per heavy atom. The molecule has 1 saturated heterocycles. The lowest BCUT2D eigenvalue weighted by molar-refractivity contribution is -0.135. The summed E-state index contributed by atoms with van der Waals surface area (Å²) in [6.45, 7) is 6.09. The van der Waals surface area contributed by atoms with Crippen LogP contribution in [0.5, 0.6) is 0 Å². The van der Waals surface area contributed by atoms with E-state index in [9.17, 15) is 14.4 Å². The van der Waals surface area contributed by atoms with Crippen molar-refractivity contribution in [3.05, 3.63) is 28.7 Å². The van der Waals surface area contributed by atoms with Gasteiger partial charge in [-0.25, -0.2) is 4.79 Å². The van der Waals surface area contributed by atoms with Crippen molar-refractivity contribution in [2.45, 2.75) is 45.2 Å². The number of nitrogens with one attached hydrogen (secondary N) is 2. The van der Waals surface area contributed by atoms with E-state index in [0.29, 0.717) is 17.5 Å². The minimum atomic E-state index is -0.720. The first-order valence-electron chi connectivity index (χ1n) is 7.51. The molecule has 0 bridgehead atoms. The molecule has 1 fully saturated rings. The summed E-state index contributed by atoms with van der Waals surface area (Å²) in [4.78, 5) is 35.4. The normalized spacial score (nSPS) is 19.0. The molecule has 1 atom stereocenters. The molecule has 1 aliphatic heterocycles. The van der Waals surface area contributed by atoms with Gasteiger partial charge in [0.25, 0.3) is 0 Å². The number of imide groups is 1. The standard InChI is InChI=1S/C16H19N3O4/c1-16(2,3)18-9-4-5-10-12(8-9)23-15(22)19(10)11-6-7-13(20)17-14(11)21/h4-5,8,11,18H,6-7H2,1-3H3,(H,17,20,21). The molecule has 1 aliphatic rings. The highest BCUT2D eigenvalue weighted by atomic mass is 16.4. The largest absolute Gasteiger partial charge is 0.420 e. The molecule has 1 aromatic carbocycles. The summed E-state index contributed by atoms with van der Waals surface area (Å²) in [6, 6.07) is 4.61. The van der Waals surface area contributed by atoms with Crippen molar-refractivity contribution in [2.24, 2.45) is 0 Å². The number of nitrogens with zero attached hydrogens (tertiary/aromatic N) is 1. The van der Waals surface area contributed by atoms with Gasteiger partial charge in [0, 0.05) is 23.7 Å². The fourth-order valence-electron chi connectivity index (χ4n) is 2.77. The number of benzene rings is 1. The molecule has 1 unspecified atom stereocenters. The van der Waals surface area contributed by atoms with Crippen LogP contribution in [-0.2, 0) is 9.59 Å². The van der Waals surface area contributed by atoms with Crippen molar-refractivity contribution >= 4 is 28.6 Å². The Bertz CT molecular complexity index is 841. The highest BCUT2D eigenvalue weighted by molar-refractivity contribution is 6.00. The average Bonchev–Trinajstić information content (AvgIpc) is 2.72. The second-order valence-corrected chi connectivity index (χ2v) is 6.76. The van der Waals surface area contributed by atoms with Crippen molar-refractivity contribution in [1.29, 1.82) is 0 Å². The third-order valence-corrected chi connectivity index (χ3v) is 3.65. The summed E-state index contributed by atoms with van der Waals surface area (Å²) in [5.41, 5.74) is 1.66. The van der Waals surface area contributed by atoms with Crippen LogP contribution in [0.4, 0.5) is 5.69 Å². The van der Waals surface area contributed by atoms with E-state index >= 15 is 0 Å². The zero-order chi connectivity index (χ0) is 16.8. The molecular formula is C16H19N3O4. The van der Waals surface area contributed by atoms with Crippen LogP contribution in [0.25, 0.3) is 11.1 Å². The van der Waals surface area contributed by atoms with Crippen LogP contribution in [0.1, 0.15) is 39.7 Å². The van der Waals surface area contributed by atoms with Crippen molar-refractivity contribution < 1.29 is 14.0 Å². The number of amides is 2. The van der Waals surface area contributed by atoms with Crippen LogP contribution in [-0.4, -0.2) is 21.9 Å². The van der Waals surface area contributed by atoms with Crippen LogP contribution in [0.15, 0.2) is 27.4 Å². The van der Waals surface area contributed by atoms with E-state index in [0.717, 1.165) is 5.69 Å². The number of carbonyl (C=O) groups is 2. The molecule has 0 aliphatic carbocycles. The molecule has 2 N–H and O–H groups in total. The smallest absolute Gasteiger partial charge is 0.408 e. The number of rotatable bonds is 2. The van der Waals surface area contributed by atoms with E-state index in [-0.39, 0.29) is 17.9 Å². The minimum absolute atomic E-state index is 0.125. The van der Waals surface area contributed by atoms with Crippen LogP contribution in [0, 0.1) is 0 Å². The van der Waals surface area contributed by atoms with Crippen LogP contribution in [0.3, 0.4) is 0 Å². The Morgan fingerprint density at radius 3 is 2.65 bits per heavy atom. The first-order chi connectivity index (χ1) is 10.7. The van der Waals surface area contributed by atoms with Gasteiger partial charge in [0.15, 0.2) is 5.58 Å². The molecule has 7 nitrogen and oxygen atoms in total. The fourth-order valence-corrected chi connectivity index (χ4v) is 2.77. The Balaban J connectivity index is 2.02. The highest BCUT2D eigenvalue weighted by Gasteiger charge is 2.31. The zero-order valence-corrected chi connectivity index (χ0v) is 13.3. The number of anilines is 1. The summed E-state index contributed by atoms with van der Waals surface area (Å²) in [6.07, 6.45) is 0.500. The molecule has 7 heteroatoms. The number of hydrogen-bond acceptors (Lipinski definition) is 5. The molecule has 2 heterocycles. The molecule has 122 valence electrons. The lowest BCUT2D eigenvalue weighted by Crippen LogP contribution is -2.43. The summed E-state index contributed by atoms with van der Waals surface area (Å²) in [5.74, 6) is -1.38. The van der Waals surface area contributed by atoms with E-state index in [2.05, 4.69) is 10.6 Å². The van der Waals surface area contributed by atoms with E-state index in [1.807, 2.05) is 26.8 Å². The Morgan fingerprint density at radius 1 is 1.26 bits per heavy atom. The molecule has 1 aromatic heterocycles. The maximum Gasteiger partial charge on any atom is 0.420 e. The van der Waals surface area contributed by atoms with Crippen molar-refractivity contribution in [2.75, 3.05) is 5.32 Å². The zero-order valence-electron chi connectivity index (χ0n) is 13.3. The molecule has 0 radical (unpaired) electrons. The molecule has 0 spiro atoms. The Hall–Kier alpha value is -2.57. The SMILES string of the molecule is CC(C)(C)Nc1ccc2c(c1)oc(=O)n2C1CCC(=O)NC1=O. The van der Waals surface area contributed by atoms with Gasteiger partial charge in [-0.2, -0.15) is 0 Å². The summed E-state index contributed by atoms with van der Waals surface area (Å²) in [7, 11) is 0. The molecule has 2 aromatic rings. The molecule has 0 saturated carbocycles. The summed E-state index contributed by atoms with van der Waals surface area (Å²) < 4.78 is 6.60. The predicted octanol–water partition coefficient (Wildman–Crippen LogP) is 1.78. The number of fused-ring (bicyclic) bond motifs is 1. The third-order valence-electron chi connectivity index (χ3n) is 3.65. The monoisotopic (exact) mass is 317 g/mol. The fraction of sp³-hybridized carbons (Fsp3) is 0.438. The maximum atomic E-state index is 12.2. The number of carbonyl (C=O) groups excluding carboxylic acids is 2. The van der Waals surface area contributed by atoms with Gasteiger partial charge >= 0.3 is 5.76 Å². The van der Waals surface area contributed by atoms with Crippen LogP contribution < -0.4 is 16.4 Å². The molecular weight excluding hydrogens is 298 g/mol. The topological polar surface area (TPSA) is 93.3 Å². The number of aromatic nitrogens is 1. The van der Waals surface area contributed by atoms with Gasteiger partial charge in [-0.05, 0) is 39.3 Å². The maximum absolute atomic E-state index is 12.2. The quantitative estimate of drug-likeness (QED) is 0.824. The molecule has 2 amide bonds. The average molecular weight is 317 g/mol. The molecule has 3 rings (SSSR count). The number of piperidine rings is 1. The summed E-state index contributed by atoms with van der Waals surface area (Å²) >= 11 is 0. The van der Waals surface area contributed by atoms with Gasteiger partial charge in [-0.15, -0.1) is 0 Å². The second-order valence-electron chi connectivity index (χ2n) is 6.76. The summed E-state index contributed by atoms with van der Waals surface area (Å²) in [5, 5.41) is 5.56. The first kappa shape index (κ1) is 15.3. The minimum Gasteiger partial charge on any atom is -0.408 e. The van der Waals surface area contributed by atoms with Gasteiger partial charge in [-0.3, -0.25) is 19.5 Å². The number of oxazole rings is 1. The highest BCUT2D eigenvalue weighted by Crippen LogP contribution is 2.26. The van der Waals surface area contributed by atoms with E-state index < -0.39 is 17.7 Å². The van der Waals surface area contributed by atoms with Gasteiger partial charge < -0.3 is 9.73 Å². The van der Waals surface area contributed by atoms with Crippen molar-refractivity contribution in [1.82, 2.24) is 9.88 Å². The second kappa shape index (κ2) is 5.26. The van der Waals surface area contributed by atoms with Gasteiger partial charge in [0.1, 0.15) is 6.04 Å². The predicted molar refractivity (Wildman–Crippen MR) is 85.3 cm³/mol. The van der Waals surface area contributed by atoms with Gasteiger partial charge in [-0.1, -0.05) is 0 Å². The Kier molecular flexibility index (Phi) is 3.50. The van der Waals surface area contributed by atoms with E-state index in [4.69, 9.17) is 4.42 Å². The Labute approximate surface area is 132 Å². The number of hydrogen-bond donors (Lipinski definition) is 2. The lowest BCUT2D eigenvalue weighted by Gasteiger charge is -2.22. The lowest BCUT2D eigenvalue weighted by atomic mass is 10.1. The van der Waals surface area contributed by atoms with Crippen LogP contribution in [0.2, 0.25) is 0 Å². The van der Waals surface area contributed by atoms with Crippen molar-refractivity contribution in [3.63, 3.8) is 0 Å². The van der Waals surface area contributed by atoms with E-state index in [1.54, 1.807) is 12.1 Å². The van der Waals surface area contributed by atoms with E-state index in [1.165, 1.54) is 4.57 Å². The first-order valence-corrected chi connectivity index (χ1v) is 7.51.